The van der Waals surface area contributed by atoms with Crippen LogP contribution in [0.1, 0.15) is 18.4 Å². The number of benzene rings is 1. The van der Waals surface area contributed by atoms with Gasteiger partial charge in [-0.05, 0) is 36.3 Å². The molecule has 1 aliphatic rings. The third-order valence-electron chi connectivity index (χ3n) is 3.24. The summed E-state index contributed by atoms with van der Waals surface area (Å²) in [6.45, 7) is 0. The van der Waals surface area contributed by atoms with Crippen molar-refractivity contribution >= 4 is 19.2 Å². The number of carbonyl (C=O) groups excluding carboxylic acids is 1. The summed E-state index contributed by atoms with van der Waals surface area (Å²) >= 11 is 0. The summed E-state index contributed by atoms with van der Waals surface area (Å²) in [7, 11) is -4.66. The Balaban J connectivity index is 2.14. The number of aromatic hydroxyl groups is 1. The van der Waals surface area contributed by atoms with E-state index >= 15 is 0 Å². The molecule has 1 aromatic carbocycles. The van der Waals surface area contributed by atoms with Crippen LogP contribution in [0, 0.1) is 0 Å². The van der Waals surface area contributed by atoms with Crippen LogP contribution < -0.4 is 0 Å². The van der Waals surface area contributed by atoms with Crippen LogP contribution in [0.25, 0.3) is 0 Å². The summed E-state index contributed by atoms with van der Waals surface area (Å²) in [5, 5.41) is 18.7. The molecule has 0 saturated heterocycles. The second-order valence-corrected chi connectivity index (χ2v) is 6.27. The van der Waals surface area contributed by atoms with Gasteiger partial charge in [0.25, 0.3) is 0 Å². The Morgan fingerprint density at radius 1 is 1.17 bits per heavy atom. The van der Waals surface area contributed by atoms with Crippen molar-refractivity contribution in [2.75, 3.05) is 0 Å². The molecule has 1 aliphatic carbocycles. The Morgan fingerprint density at radius 3 is 2.43 bits per heavy atom. The molecule has 0 heterocycles. The molecule has 7 nitrogen and oxygen atoms in total. The molecule has 0 spiro atoms. The van der Waals surface area contributed by atoms with E-state index in [9.17, 15) is 19.6 Å². The van der Waals surface area contributed by atoms with Gasteiger partial charge < -0.3 is 20.0 Å². The number of aliphatic hydroxyl groups excluding tert-OH is 1. The van der Waals surface area contributed by atoms with E-state index < -0.39 is 7.75 Å². The molecular formula is C15H16NO6P. The molecule has 4 N–H and O–H groups in total. The van der Waals surface area contributed by atoms with Crippen molar-refractivity contribution in [3.05, 3.63) is 53.3 Å². The number of carbonyl (C=O) groups is 1. The first-order valence-corrected chi connectivity index (χ1v) is 8.38. The maximum Gasteiger partial charge on any atom is 0.448 e. The lowest BCUT2D eigenvalue weighted by Gasteiger charge is -2.13. The minimum atomic E-state index is -4.66. The maximum absolute atomic E-state index is 12.3. The SMILES string of the molecule is O=C(CCc1ccc(O)cc1)C1=CC(O)=CCC1=NP(=O)(O)O. The number of hydrogen-bond donors (Lipinski definition) is 4. The van der Waals surface area contributed by atoms with Gasteiger partial charge in [-0.3, -0.25) is 4.79 Å². The zero-order valence-electron chi connectivity index (χ0n) is 12.1. The molecule has 122 valence electrons. The number of Topliss-reactive ketones (excluding diaryl/α,β-unsaturated/α-hetero) is 1. The summed E-state index contributed by atoms with van der Waals surface area (Å²) in [5.41, 5.74) is 0.805. The lowest BCUT2D eigenvalue weighted by atomic mass is 9.94. The second-order valence-electron chi connectivity index (χ2n) is 5.04. The predicted molar refractivity (Wildman–Crippen MR) is 84.3 cm³/mol. The first-order chi connectivity index (χ1) is 10.7. The van der Waals surface area contributed by atoms with E-state index in [1.54, 1.807) is 12.1 Å². The quantitative estimate of drug-likeness (QED) is 0.610. The van der Waals surface area contributed by atoms with Gasteiger partial charge in [-0.25, -0.2) is 4.57 Å². The van der Waals surface area contributed by atoms with Crippen LogP contribution in [0.5, 0.6) is 5.75 Å². The van der Waals surface area contributed by atoms with Gasteiger partial charge in [-0.2, -0.15) is 4.76 Å². The Bertz CT molecular complexity index is 742. The highest BCUT2D eigenvalue weighted by atomic mass is 31.2. The molecule has 8 heteroatoms. The molecule has 0 aliphatic heterocycles. The van der Waals surface area contributed by atoms with Crippen LogP contribution in [0.2, 0.25) is 0 Å². The minimum Gasteiger partial charge on any atom is -0.508 e. The third kappa shape index (κ3) is 5.17. The van der Waals surface area contributed by atoms with Gasteiger partial charge in [0.15, 0.2) is 5.78 Å². The molecule has 0 bridgehead atoms. The number of phenolic OH excluding ortho intramolecular Hbond substituents is 1. The first-order valence-electron chi connectivity index (χ1n) is 6.81. The highest BCUT2D eigenvalue weighted by Crippen LogP contribution is 2.38. The number of hydrogen-bond acceptors (Lipinski definition) is 4. The summed E-state index contributed by atoms with van der Waals surface area (Å²) in [6, 6.07) is 6.38. The lowest BCUT2D eigenvalue weighted by molar-refractivity contribution is -0.115. The van der Waals surface area contributed by atoms with Crippen molar-refractivity contribution in [2.24, 2.45) is 4.76 Å². The first kappa shape index (κ1) is 17.1. The predicted octanol–water partition coefficient (Wildman–Crippen LogP) is 2.20. The van der Waals surface area contributed by atoms with Gasteiger partial charge in [0, 0.05) is 18.4 Å². The van der Waals surface area contributed by atoms with Crippen molar-refractivity contribution in [1.29, 1.82) is 0 Å². The largest absolute Gasteiger partial charge is 0.508 e. The monoisotopic (exact) mass is 337 g/mol. The van der Waals surface area contributed by atoms with E-state index in [2.05, 4.69) is 4.76 Å². The zero-order chi connectivity index (χ0) is 17.0. The minimum absolute atomic E-state index is 0.00658. The number of ketones is 1. The van der Waals surface area contributed by atoms with Crippen molar-refractivity contribution in [3.63, 3.8) is 0 Å². The van der Waals surface area contributed by atoms with E-state index in [0.717, 1.165) is 11.6 Å². The molecule has 23 heavy (non-hydrogen) atoms. The molecular weight excluding hydrogens is 321 g/mol. The summed E-state index contributed by atoms with van der Waals surface area (Å²) in [4.78, 5) is 30.2. The van der Waals surface area contributed by atoms with Gasteiger partial charge in [0.2, 0.25) is 0 Å². The van der Waals surface area contributed by atoms with Crippen molar-refractivity contribution in [1.82, 2.24) is 0 Å². The standard InChI is InChI=1S/C15H16NO6P/c17-11-4-1-10(2-5-11)3-8-15(19)13-9-12(18)6-7-14(13)16-23(20,21)22/h1-2,4-6,9,17-18H,3,7-8H2,(H2,20,21,22). The summed E-state index contributed by atoms with van der Waals surface area (Å²) in [5.74, 6) is -0.381. The van der Waals surface area contributed by atoms with Gasteiger partial charge in [-0.15, -0.1) is 0 Å². The Morgan fingerprint density at radius 2 is 1.83 bits per heavy atom. The Hall–Kier alpha value is -2.21. The van der Waals surface area contributed by atoms with Crippen LogP contribution >= 0.6 is 7.75 Å². The van der Waals surface area contributed by atoms with Crippen LogP contribution in [-0.2, 0) is 15.8 Å². The van der Waals surface area contributed by atoms with Crippen LogP contribution in [0.4, 0.5) is 0 Å². The topological polar surface area (TPSA) is 127 Å². The number of phenols is 1. The van der Waals surface area contributed by atoms with E-state index in [1.165, 1.54) is 18.2 Å². The normalized spacial score (nSPS) is 16.9. The van der Waals surface area contributed by atoms with Gasteiger partial charge in [-0.1, -0.05) is 12.1 Å². The molecule has 0 radical (unpaired) electrons. The number of aryl methyl sites for hydroxylation is 1. The molecule has 0 amide bonds. The molecule has 0 fully saturated rings. The molecule has 0 aromatic heterocycles. The van der Waals surface area contributed by atoms with E-state index in [0.29, 0.717) is 6.42 Å². The van der Waals surface area contributed by atoms with Crippen LogP contribution in [0.15, 0.2) is 52.5 Å². The van der Waals surface area contributed by atoms with Gasteiger partial charge in [0.05, 0.1) is 5.71 Å². The molecule has 1 aromatic rings. The second kappa shape index (κ2) is 6.91. The third-order valence-corrected chi connectivity index (χ3v) is 3.74. The number of allylic oxidation sites excluding steroid dienone is 3. The average Bonchev–Trinajstić information content (AvgIpc) is 2.47. The number of rotatable bonds is 5. The van der Waals surface area contributed by atoms with E-state index in [-0.39, 0.29) is 41.4 Å². The molecule has 0 unspecified atom stereocenters. The van der Waals surface area contributed by atoms with E-state index in [4.69, 9.17) is 9.79 Å². The van der Waals surface area contributed by atoms with Crippen molar-refractivity contribution in [3.8, 4) is 5.75 Å². The molecule has 0 saturated carbocycles. The van der Waals surface area contributed by atoms with Gasteiger partial charge in [0.1, 0.15) is 11.5 Å². The smallest absolute Gasteiger partial charge is 0.448 e. The van der Waals surface area contributed by atoms with Crippen LogP contribution in [-0.4, -0.2) is 31.5 Å². The lowest BCUT2D eigenvalue weighted by Crippen LogP contribution is -2.16. The summed E-state index contributed by atoms with van der Waals surface area (Å²) in [6.07, 6.45) is 2.95. The fourth-order valence-corrected chi connectivity index (χ4v) is 2.65. The average molecular weight is 337 g/mol. The van der Waals surface area contributed by atoms with Crippen LogP contribution in [0.3, 0.4) is 0 Å². The summed E-state index contributed by atoms with van der Waals surface area (Å²) < 4.78 is 14.3. The Labute approximate surface area is 132 Å². The van der Waals surface area contributed by atoms with Gasteiger partial charge >= 0.3 is 7.75 Å². The van der Waals surface area contributed by atoms with Crippen molar-refractivity contribution < 1.29 is 29.4 Å². The zero-order valence-corrected chi connectivity index (χ0v) is 13.0. The fraction of sp³-hybridized carbons (Fsp3) is 0.200. The number of nitrogens with zero attached hydrogens (tertiary/aromatic N) is 1. The fourth-order valence-electron chi connectivity index (χ4n) is 2.15. The van der Waals surface area contributed by atoms with Crippen molar-refractivity contribution in [2.45, 2.75) is 19.3 Å². The van der Waals surface area contributed by atoms with E-state index in [1.807, 2.05) is 0 Å². The highest BCUT2D eigenvalue weighted by molar-refractivity contribution is 7.50. The molecule has 2 rings (SSSR count). The highest BCUT2D eigenvalue weighted by Gasteiger charge is 2.23. The Kier molecular flexibility index (Phi) is 5.15. The maximum atomic E-state index is 12.3. The molecule has 0 atom stereocenters. The number of aliphatic hydroxyl groups is 1.